The van der Waals surface area contributed by atoms with E-state index in [4.69, 9.17) is 0 Å². The molecule has 0 heterocycles. The van der Waals surface area contributed by atoms with Crippen LogP contribution in [0.2, 0.25) is 0 Å². The Hall–Kier alpha value is -0.330. The second-order valence-electron chi connectivity index (χ2n) is 3.18. The third kappa shape index (κ3) is 2.51. The van der Waals surface area contributed by atoms with Crippen molar-refractivity contribution >= 4 is 6.72 Å². The van der Waals surface area contributed by atoms with Gasteiger partial charge in [-0.05, 0) is 19.6 Å². The van der Waals surface area contributed by atoms with Crippen LogP contribution in [0.3, 0.4) is 0 Å². The molecule has 0 amide bonds. The van der Waals surface area contributed by atoms with E-state index in [1.54, 1.807) is 0 Å². The van der Waals surface area contributed by atoms with Crippen LogP contribution in [0.5, 0.6) is 0 Å². The van der Waals surface area contributed by atoms with Crippen molar-refractivity contribution in [2.24, 2.45) is 4.99 Å². The third-order valence-electron chi connectivity index (χ3n) is 2.33. The topological polar surface area (TPSA) is 12.4 Å². The number of hydrogen-bond acceptors (Lipinski definition) is 1. The minimum atomic E-state index is 0.584. The summed E-state index contributed by atoms with van der Waals surface area (Å²) in [5.74, 6) is 0. The lowest BCUT2D eigenvalue weighted by atomic mass is 9.97. The average Bonchev–Trinajstić information content (AvgIpc) is 1.87. The van der Waals surface area contributed by atoms with Gasteiger partial charge in [-0.2, -0.15) is 0 Å². The first-order valence-corrected chi connectivity index (χ1v) is 4.39. The van der Waals surface area contributed by atoms with Crippen LogP contribution < -0.4 is 0 Å². The standard InChI is InChI=1S/C9H17N/c1-10-9-7-5-3-2-4-6-8-9/h9H,1-8H2. The van der Waals surface area contributed by atoms with Crippen LogP contribution in [0, 0.1) is 0 Å². The van der Waals surface area contributed by atoms with Gasteiger partial charge >= 0.3 is 0 Å². The first kappa shape index (κ1) is 7.77. The fraction of sp³-hybridized carbons (Fsp3) is 0.889. The molecule has 0 aromatic carbocycles. The van der Waals surface area contributed by atoms with Gasteiger partial charge in [0.1, 0.15) is 0 Å². The molecule has 0 aromatic heterocycles. The van der Waals surface area contributed by atoms with E-state index in [0.29, 0.717) is 6.04 Å². The number of hydrogen-bond donors (Lipinski definition) is 0. The third-order valence-corrected chi connectivity index (χ3v) is 2.33. The summed E-state index contributed by atoms with van der Waals surface area (Å²) in [6, 6.07) is 0.584. The van der Waals surface area contributed by atoms with Gasteiger partial charge in [-0.1, -0.05) is 32.1 Å². The zero-order valence-corrected chi connectivity index (χ0v) is 6.68. The summed E-state index contributed by atoms with van der Waals surface area (Å²) < 4.78 is 0. The fourth-order valence-electron chi connectivity index (χ4n) is 1.62. The van der Waals surface area contributed by atoms with Crippen molar-refractivity contribution in [3.8, 4) is 0 Å². The SMILES string of the molecule is C=NC1CCCCCCC1. The van der Waals surface area contributed by atoms with Crippen molar-refractivity contribution in [1.82, 2.24) is 0 Å². The van der Waals surface area contributed by atoms with Crippen molar-refractivity contribution in [2.75, 3.05) is 0 Å². The van der Waals surface area contributed by atoms with Gasteiger partial charge in [0.2, 0.25) is 0 Å². The largest absolute Gasteiger partial charge is 0.298 e. The average molecular weight is 139 g/mol. The van der Waals surface area contributed by atoms with E-state index < -0.39 is 0 Å². The highest BCUT2D eigenvalue weighted by Gasteiger charge is 2.07. The molecule has 0 radical (unpaired) electrons. The van der Waals surface area contributed by atoms with E-state index >= 15 is 0 Å². The van der Waals surface area contributed by atoms with E-state index in [-0.39, 0.29) is 0 Å². The molecule has 1 aliphatic rings. The van der Waals surface area contributed by atoms with Gasteiger partial charge in [0.05, 0.1) is 0 Å². The van der Waals surface area contributed by atoms with Crippen molar-refractivity contribution in [1.29, 1.82) is 0 Å². The van der Waals surface area contributed by atoms with E-state index in [2.05, 4.69) is 11.7 Å². The number of aliphatic imine (C=N–C) groups is 1. The highest BCUT2D eigenvalue weighted by Crippen LogP contribution is 2.18. The van der Waals surface area contributed by atoms with Gasteiger partial charge in [0, 0.05) is 6.04 Å². The lowest BCUT2D eigenvalue weighted by molar-refractivity contribution is 0.456. The lowest BCUT2D eigenvalue weighted by Crippen LogP contribution is -2.05. The van der Waals surface area contributed by atoms with E-state index in [1.165, 1.54) is 44.9 Å². The summed E-state index contributed by atoms with van der Waals surface area (Å²) in [7, 11) is 0. The molecule has 0 N–H and O–H groups in total. The summed E-state index contributed by atoms with van der Waals surface area (Å²) in [5.41, 5.74) is 0. The molecular weight excluding hydrogens is 122 g/mol. The molecule has 1 rings (SSSR count). The molecule has 58 valence electrons. The second-order valence-corrected chi connectivity index (χ2v) is 3.18. The minimum Gasteiger partial charge on any atom is -0.298 e. The van der Waals surface area contributed by atoms with Crippen LogP contribution in [0.15, 0.2) is 4.99 Å². The quantitative estimate of drug-likeness (QED) is 0.495. The van der Waals surface area contributed by atoms with Gasteiger partial charge in [0.15, 0.2) is 0 Å². The molecule has 1 nitrogen and oxygen atoms in total. The molecule has 0 saturated heterocycles. The van der Waals surface area contributed by atoms with E-state index in [1.807, 2.05) is 0 Å². The normalized spacial score (nSPS) is 23.2. The van der Waals surface area contributed by atoms with Crippen molar-refractivity contribution < 1.29 is 0 Å². The van der Waals surface area contributed by atoms with E-state index in [9.17, 15) is 0 Å². The molecule has 1 saturated carbocycles. The Morgan fingerprint density at radius 3 is 1.90 bits per heavy atom. The Morgan fingerprint density at radius 1 is 0.900 bits per heavy atom. The summed E-state index contributed by atoms with van der Waals surface area (Å²) in [6.45, 7) is 3.61. The molecule has 0 aliphatic heterocycles. The zero-order valence-electron chi connectivity index (χ0n) is 6.68. The highest BCUT2D eigenvalue weighted by molar-refractivity contribution is 5.24. The van der Waals surface area contributed by atoms with Gasteiger partial charge in [-0.25, -0.2) is 0 Å². The number of nitrogens with zero attached hydrogens (tertiary/aromatic N) is 1. The first-order valence-electron chi connectivity index (χ1n) is 4.39. The summed E-state index contributed by atoms with van der Waals surface area (Å²) >= 11 is 0. The van der Waals surface area contributed by atoms with Crippen LogP contribution >= 0.6 is 0 Å². The van der Waals surface area contributed by atoms with Crippen molar-refractivity contribution in [3.63, 3.8) is 0 Å². The molecule has 0 bridgehead atoms. The Morgan fingerprint density at radius 2 is 1.40 bits per heavy atom. The van der Waals surface area contributed by atoms with Crippen LogP contribution in [0.4, 0.5) is 0 Å². The molecule has 10 heavy (non-hydrogen) atoms. The van der Waals surface area contributed by atoms with Crippen molar-refractivity contribution in [2.45, 2.75) is 51.0 Å². The first-order chi connectivity index (χ1) is 4.93. The fourth-order valence-corrected chi connectivity index (χ4v) is 1.62. The summed E-state index contributed by atoms with van der Waals surface area (Å²) in [6.07, 6.45) is 9.54. The highest BCUT2D eigenvalue weighted by atomic mass is 14.7. The lowest BCUT2D eigenvalue weighted by Gasteiger charge is -2.14. The monoisotopic (exact) mass is 139 g/mol. The Bertz CT molecular complexity index is 90.9. The van der Waals surface area contributed by atoms with Crippen LogP contribution in [-0.4, -0.2) is 12.8 Å². The van der Waals surface area contributed by atoms with Crippen molar-refractivity contribution in [3.05, 3.63) is 0 Å². The predicted molar refractivity (Wildman–Crippen MR) is 45.7 cm³/mol. The minimum absolute atomic E-state index is 0.584. The second kappa shape index (κ2) is 4.48. The molecule has 1 fully saturated rings. The smallest absolute Gasteiger partial charge is 0.0492 e. The van der Waals surface area contributed by atoms with E-state index in [0.717, 1.165) is 0 Å². The van der Waals surface area contributed by atoms with Gasteiger partial charge in [0.25, 0.3) is 0 Å². The predicted octanol–water partition coefficient (Wildman–Crippen LogP) is 2.80. The van der Waals surface area contributed by atoms with Crippen LogP contribution in [0.1, 0.15) is 44.9 Å². The zero-order chi connectivity index (χ0) is 7.23. The molecular formula is C9H17N. The Kier molecular flexibility index (Phi) is 3.48. The summed E-state index contributed by atoms with van der Waals surface area (Å²) in [4.78, 5) is 4.10. The molecule has 0 atom stereocenters. The maximum atomic E-state index is 4.10. The van der Waals surface area contributed by atoms with Crippen LogP contribution in [-0.2, 0) is 0 Å². The number of rotatable bonds is 1. The Balaban J connectivity index is 2.22. The molecule has 1 heteroatoms. The van der Waals surface area contributed by atoms with Gasteiger partial charge in [-0.15, -0.1) is 0 Å². The molecule has 0 unspecified atom stereocenters. The summed E-state index contributed by atoms with van der Waals surface area (Å²) in [5, 5.41) is 0. The van der Waals surface area contributed by atoms with Gasteiger partial charge in [-0.3, -0.25) is 4.99 Å². The molecule has 0 aromatic rings. The maximum Gasteiger partial charge on any atom is 0.0492 e. The molecule has 1 aliphatic carbocycles. The maximum absolute atomic E-state index is 4.10. The van der Waals surface area contributed by atoms with Gasteiger partial charge < -0.3 is 0 Å². The van der Waals surface area contributed by atoms with Crippen LogP contribution in [0.25, 0.3) is 0 Å². The Labute approximate surface area is 63.5 Å². The molecule has 0 spiro atoms.